The van der Waals surface area contributed by atoms with Gasteiger partial charge in [0.05, 0.1) is 6.61 Å². The Morgan fingerprint density at radius 1 is 1.28 bits per heavy atom. The zero-order valence-electron chi connectivity index (χ0n) is 10.9. The van der Waals surface area contributed by atoms with Crippen molar-refractivity contribution in [3.8, 4) is 0 Å². The molecule has 0 aromatic heterocycles. The van der Waals surface area contributed by atoms with E-state index in [1.165, 1.54) is 0 Å². The second-order valence-electron chi connectivity index (χ2n) is 4.17. The summed E-state index contributed by atoms with van der Waals surface area (Å²) in [5.41, 5.74) is 5.47. The highest BCUT2D eigenvalue weighted by Gasteiger charge is 2.25. The van der Waals surface area contributed by atoms with Crippen molar-refractivity contribution in [2.45, 2.75) is 0 Å². The Hall–Kier alpha value is -1.18. The van der Waals surface area contributed by atoms with E-state index < -0.39 is 11.8 Å². The van der Waals surface area contributed by atoms with Crippen molar-refractivity contribution in [3.63, 3.8) is 0 Å². The second-order valence-corrected chi connectivity index (χ2v) is 4.17. The molecule has 0 aromatic carbocycles. The third-order valence-corrected chi connectivity index (χ3v) is 2.89. The van der Waals surface area contributed by atoms with E-state index in [0.717, 1.165) is 19.6 Å². The molecule has 1 heterocycles. The number of piperazine rings is 1. The van der Waals surface area contributed by atoms with Gasteiger partial charge in [0.1, 0.15) is 0 Å². The number of nitrogens with two attached hydrogens (primary N) is 1. The Morgan fingerprint density at radius 3 is 2.50 bits per heavy atom. The maximum absolute atomic E-state index is 11.8. The number of nitrogens with one attached hydrogen (secondary N) is 1. The van der Waals surface area contributed by atoms with Gasteiger partial charge in [0, 0.05) is 52.9 Å². The smallest absolute Gasteiger partial charge is 0.311 e. The van der Waals surface area contributed by atoms with Gasteiger partial charge in [-0.05, 0) is 0 Å². The summed E-state index contributed by atoms with van der Waals surface area (Å²) >= 11 is 0. The molecule has 7 heteroatoms. The first-order valence-electron chi connectivity index (χ1n) is 6.17. The van der Waals surface area contributed by atoms with Crippen LogP contribution in [-0.4, -0.2) is 81.1 Å². The van der Waals surface area contributed by atoms with Crippen LogP contribution in [0.5, 0.6) is 0 Å². The fourth-order valence-electron chi connectivity index (χ4n) is 1.84. The SMILES string of the molecule is COCCNC(=O)C(=O)N1CCN(CCN)CC1. The first-order chi connectivity index (χ1) is 8.69. The highest BCUT2D eigenvalue weighted by molar-refractivity contribution is 6.35. The molecule has 0 atom stereocenters. The molecule has 0 aliphatic carbocycles. The molecule has 1 fully saturated rings. The minimum Gasteiger partial charge on any atom is -0.383 e. The number of carbonyl (C=O) groups is 2. The maximum Gasteiger partial charge on any atom is 0.311 e. The van der Waals surface area contributed by atoms with Gasteiger partial charge in [0.2, 0.25) is 0 Å². The molecular weight excluding hydrogens is 236 g/mol. The van der Waals surface area contributed by atoms with Crippen LogP contribution in [0.15, 0.2) is 0 Å². The standard InChI is InChI=1S/C11H22N4O3/c1-18-9-3-13-10(16)11(17)15-7-5-14(4-2-12)6-8-15/h2-9,12H2,1H3,(H,13,16). The predicted molar refractivity (Wildman–Crippen MR) is 67.0 cm³/mol. The van der Waals surface area contributed by atoms with E-state index in [1.807, 2.05) is 0 Å². The van der Waals surface area contributed by atoms with Crippen molar-refractivity contribution in [2.75, 3.05) is 59.5 Å². The Kier molecular flexibility index (Phi) is 6.63. The molecule has 1 saturated heterocycles. The summed E-state index contributed by atoms with van der Waals surface area (Å²) in [6.45, 7) is 4.92. The number of hydrogen-bond donors (Lipinski definition) is 2. The zero-order chi connectivity index (χ0) is 13.4. The van der Waals surface area contributed by atoms with E-state index in [2.05, 4.69) is 10.2 Å². The molecule has 0 spiro atoms. The predicted octanol–water partition coefficient (Wildman–Crippen LogP) is -2.15. The lowest BCUT2D eigenvalue weighted by atomic mass is 10.3. The van der Waals surface area contributed by atoms with Crippen LogP contribution < -0.4 is 11.1 Å². The van der Waals surface area contributed by atoms with Gasteiger partial charge in [-0.2, -0.15) is 0 Å². The molecule has 0 radical (unpaired) electrons. The fraction of sp³-hybridized carbons (Fsp3) is 0.818. The molecule has 0 unspecified atom stereocenters. The lowest BCUT2D eigenvalue weighted by Crippen LogP contribution is -2.53. The van der Waals surface area contributed by atoms with E-state index in [9.17, 15) is 9.59 Å². The number of rotatable bonds is 5. The Balaban J connectivity index is 2.28. The van der Waals surface area contributed by atoms with Crippen molar-refractivity contribution in [1.82, 2.24) is 15.1 Å². The second kappa shape index (κ2) is 8.02. The number of methoxy groups -OCH3 is 1. The minimum absolute atomic E-state index is 0.355. The Morgan fingerprint density at radius 2 is 1.94 bits per heavy atom. The van der Waals surface area contributed by atoms with Gasteiger partial charge in [-0.3, -0.25) is 14.5 Å². The van der Waals surface area contributed by atoms with Crippen molar-refractivity contribution in [3.05, 3.63) is 0 Å². The normalized spacial score (nSPS) is 16.7. The average Bonchev–Trinajstić information content (AvgIpc) is 2.39. The number of ether oxygens (including phenoxy) is 1. The molecule has 1 aliphatic rings. The zero-order valence-corrected chi connectivity index (χ0v) is 10.9. The summed E-state index contributed by atoms with van der Waals surface area (Å²) in [7, 11) is 1.55. The fourth-order valence-corrected chi connectivity index (χ4v) is 1.84. The van der Waals surface area contributed by atoms with Crippen LogP contribution in [-0.2, 0) is 14.3 Å². The van der Waals surface area contributed by atoms with Crippen molar-refractivity contribution >= 4 is 11.8 Å². The van der Waals surface area contributed by atoms with Crippen LogP contribution in [0.1, 0.15) is 0 Å². The van der Waals surface area contributed by atoms with Crippen LogP contribution in [0.25, 0.3) is 0 Å². The summed E-state index contributed by atoms with van der Waals surface area (Å²) in [5.74, 6) is -1.02. The van der Waals surface area contributed by atoms with E-state index in [-0.39, 0.29) is 0 Å². The van der Waals surface area contributed by atoms with E-state index in [1.54, 1.807) is 12.0 Å². The lowest BCUT2D eigenvalue weighted by Gasteiger charge is -2.34. The Labute approximate surface area is 107 Å². The first-order valence-corrected chi connectivity index (χ1v) is 6.17. The van der Waals surface area contributed by atoms with Gasteiger partial charge in [-0.25, -0.2) is 0 Å². The largest absolute Gasteiger partial charge is 0.383 e. The summed E-state index contributed by atoms with van der Waals surface area (Å²) in [4.78, 5) is 27.1. The van der Waals surface area contributed by atoms with Crippen LogP contribution in [0.3, 0.4) is 0 Å². The number of nitrogens with zero attached hydrogens (tertiary/aromatic N) is 2. The van der Waals surface area contributed by atoms with Crippen molar-refractivity contribution < 1.29 is 14.3 Å². The number of hydrogen-bond acceptors (Lipinski definition) is 5. The highest BCUT2D eigenvalue weighted by Crippen LogP contribution is 2.01. The van der Waals surface area contributed by atoms with Gasteiger partial charge >= 0.3 is 11.8 Å². The summed E-state index contributed by atoms with van der Waals surface area (Å²) in [5, 5.41) is 2.53. The maximum atomic E-state index is 11.8. The van der Waals surface area contributed by atoms with Crippen LogP contribution in [0, 0.1) is 0 Å². The Bertz CT molecular complexity index is 277. The summed E-state index contributed by atoms with van der Waals surface area (Å²) in [6.07, 6.45) is 0. The monoisotopic (exact) mass is 258 g/mol. The van der Waals surface area contributed by atoms with E-state index >= 15 is 0 Å². The third-order valence-electron chi connectivity index (χ3n) is 2.89. The van der Waals surface area contributed by atoms with Crippen LogP contribution in [0.2, 0.25) is 0 Å². The molecule has 2 amide bonds. The summed E-state index contributed by atoms with van der Waals surface area (Å²) < 4.78 is 4.80. The van der Waals surface area contributed by atoms with E-state index in [4.69, 9.17) is 10.5 Å². The summed E-state index contributed by atoms with van der Waals surface area (Å²) in [6, 6.07) is 0. The van der Waals surface area contributed by atoms with Gasteiger partial charge in [0.25, 0.3) is 0 Å². The van der Waals surface area contributed by atoms with Crippen molar-refractivity contribution in [2.24, 2.45) is 5.73 Å². The van der Waals surface area contributed by atoms with Crippen LogP contribution >= 0.6 is 0 Å². The quantitative estimate of drug-likeness (QED) is 0.434. The molecule has 1 rings (SSSR count). The number of amides is 2. The minimum atomic E-state index is -0.556. The topological polar surface area (TPSA) is 87.9 Å². The van der Waals surface area contributed by atoms with Gasteiger partial charge < -0.3 is 20.7 Å². The van der Waals surface area contributed by atoms with Gasteiger partial charge in [0.15, 0.2) is 0 Å². The van der Waals surface area contributed by atoms with Crippen molar-refractivity contribution in [1.29, 1.82) is 0 Å². The average molecular weight is 258 g/mol. The van der Waals surface area contributed by atoms with Crippen LogP contribution in [0.4, 0.5) is 0 Å². The lowest BCUT2D eigenvalue weighted by molar-refractivity contribution is -0.147. The molecule has 1 aliphatic heterocycles. The molecular formula is C11H22N4O3. The van der Waals surface area contributed by atoms with E-state index in [0.29, 0.717) is 32.8 Å². The molecule has 18 heavy (non-hydrogen) atoms. The molecule has 0 aromatic rings. The molecule has 3 N–H and O–H groups in total. The molecule has 104 valence electrons. The molecule has 0 bridgehead atoms. The van der Waals surface area contributed by atoms with Gasteiger partial charge in [-0.1, -0.05) is 0 Å². The molecule has 0 saturated carbocycles. The number of carbonyl (C=O) groups excluding carboxylic acids is 2. The highest BCUT2D eigenvalue weighted by atomic mass is 16.5. The van der Waals surface area contributed by atoms with Gasteiger partial charge in [-0.15, -0.1) is 0 Å². The molecule has 7 nitrogen and oxygen atoms in total. The third kappa shape index (κ3) is 4.59. The first kappa shape index (κ1) is 14.9.